The van der Waals surface area contributed by atoms with Crippen molar-refractivity contribution in [1.29, 1.82) is 0 Å². The second-order valence-electron chi connectivity index (χ2n) is 3.80. The molecule has 2 rings (SSSR count). The average molecular weight is 164 g/mol. The van der Waals surface area contributed by atoms with E-state index in [-0.39, 0.29) is 11.8 Å². The Labute approximate surface area is 71.4 Å². The Kier molecular flexibility index (Phi) is 1.81. The summed E-state index contributed by atoms with van der Waals surface area (Å²) in [5.74, 6) is 0.750. The molecule has 0 heterocycles. The van der Waals surface area contributed by atoms with E-state index in [2.05, 4.69) is 4.79 Å². The maximum atomic E-state index is 11.5. The number of carbonyl (C=O) groups excluding carboxylic acids is 1. The fraction of sp³-hybridized carbons (Fsp3) is 0.778. The smallest absolute Gasteiger partial charge is 0.270 e. The molecule has 0 N–H and O–H groups in total. The molecule has 2 aliphatic rings. The van der Waals surface area contributed by atoms with Crippen molar-refractivity contribution in [1.82, 2.24) is 0 Å². The van der Waals surface area contributed by atoms with Gasteiger partial charge in [-0.15, -0.1) is 0 Å². The van der Waals surface area contributed by atoms with Gasteiger partial charge in [-0.05, 0) is 12.8 Å². The quantitative estimate of drug-likeness (QED) is 0.394. The molecule has 2 unspecified atom stereocenters. The predicted octanol–water partition coefficient (Wildman–Crippen LogP) is 1.44. The Hall–Kier alpha value is -0.950. The van der Waals surface area contributed by atoms with Gasteiger partial charge >= 0.3 is 0 Å². The van der Waals surface area contributed by atoms with Crippen LogP contribution in [0, 0.1) is 11.8 Å². The maximum Gasteiger partial charge on any atom is 0.270 e. The number of nitrogens with zero attached hydrogens (tertiary/aromatic N) is 2. The normalized spacial score (nSPS) is 34.7. The Bertz CT molecular complexity index is 248. The second-order valence-corrected chi connectivity index (χ2v) is 3.80. The van der Waals surface area contributed by atoms with Gasteiger partial charge in [0.05, 0.1) is 12.8 Å². The zero-order valence-electron chi connectivity index (χ0n) is 6.99. The Morgan fingerprint density at radius 3 is 2.33 bits per heavy atom. The molecule has 2 fully saturated rings. The number of ketones is 1. The van der Waals surface area contributed by atoms with Crippen LogP contribution in [0.1, 0.15) is 32.1 Å². The zero-order valence-corrected chi connectivity index (χ0v) is 6.99. The molecule has 0 saturated heterocycles. The van der Waals surface area contributed by atoms with Crippen molar-refractivity contribution >= 4 is 11.5 Å². The lowest BCUT2D eigenvalue weighted by molar-refractivity contribution is -0.130. The first-order valence-corrected chi connectivity index (χ1v) is 4.55. The lowest BCUT2D eigenvalue weighted by Crippen LogP contribution is -2.37. The monoisotopic (exact) mass is 164 g/mol. The van der Waals surface area contributed by atoms with Gasteiger partial charge in [-0.25, -0.2) is 0 Å². The van der Waals surface area contributed by atoms with Gasteiger partial charge < -0.3 is 5.53 Å². The van der Waals surface area contributed by atoms with E-state index in [9.17, 15) is 4.79 Å². The summed E-state index contributed by atoms with van der Waals surface area (Å²) in [4.78, 5) is 14.8. The van der Waals surface area contributed by atoms with Crippen LogP contribution in [0.3, 0.4) is 0 Å². The van der Waals surface area contributed by atoms with E-state index in [1.54, 1.807) is 0 Å². The third-order valence-corrected chi connectivity index (χ3v) is 3.02. The van der Waals surface area contributed by atoms with Crippen molar-refractivity contribution in [3.05, 3.63) is 5.53 Å². The van der Waals surface area contributed by atoms with E-state index in [0.29, 0.717) is 18.6 Å². The molecule has 3 heteroatoms. The Morgan fingerprint density at radius 1 is 1.25 bits per heavy atom. The summed E-state index contributed by atoms with van der Waals surface area (Å²) in [6.45, 7) is 0. The van der Waals surface area contributed by atoms with Gasteiger partial charge in [0.15, 0.2) is 0 Å². The summed E-state index contributed by atoms with van der Waals surface area (Å²) >= 11 is 0. The van der Waals surface area contributed by atoms with Gasteiger partial charge in [0.25, 0.3) is 5.71 Å². The molecule has 2 bridgehead atoms. The highest BCUT2D eigenvalue weighted by atomic mass is 16.1. The van der Waals surface area contributed by atoms with Crippen LogP contribution in [0.5, 0.6) is 0 Å². The molecule has 12 heavy (non-hydrogen) atoms. The molecule has 0 spiro atoms. The van der Waals surface area contributed by atoms with E-state index in [1.807, 2.05) is 0 Å². The van der Waals surface area contributed by atoms with Crippen molar-refractivity contribution in [2.24, 2.45) is 11.8 Å². The molecule has 0 amide bonds. The fourth-order valence-corrected chi connectivity index (χ4v) is 2.37. The molecule has 0 aromatic heterocycles. The van der Waals surface area contributed by atoms with Crippen LogP contribution in [-0.4, -0.2) is 16.3 Å². The summed E-state index contributed by atoms with van der Waals surface area (Å²) in [6.07, 6.45) is 4.56. The predicted molar refractivity (Wildman–Crippen MR) is 43.7 cm³/mol. The van der Waals surface area contributed by atoms with Crippen LogP contribution in [0.4, 0.5) is 0 Å². The number of hydrogen-bond acceptors (Lipinski definition) is 1. The Balaban J connectivity index is 2.23. The van der Waals surface area contributed by atoms with Gasteiger partial charge in [0, 0.05) is 11.8 Å². The summed E-state index contributed by atoms with van der Waals surface area (Å²) in [6, 6.07) is 0. The minimum absolute atomic E-state index is 0.170. The van der Waals surface area contributed by atoms with Gasteiger partial charge in [-0.1, -0.05) is 6.42 Å². The molecule has 3 nitrogen and oxygen atoms in total. The molecular formula is C9H12N2O. The van der Waals surface area contributed by atoms with Gasteiger partial charge in [0.2, 0.25) is 0 Å². The highest BCUT2D eigenvalue weighted by molar-refractivity contribution is 5.96. The fourth-order valence-electron chi connectivity index (χ4n) is 2.37. The molecule has 2 aliphatic carbocycles. The number of rotatable bonds is 0. The molecule has 0 aromatic carbocycles. The number of carbonyl (C=O) groups is 1. The highest BCUT2D eigenvalue weighted by Crippen LogP contribution is 2.35. The third kappa shape index (κ3) is 1.10. The lowest BCUT2D eigenvalue weighted by Gasteiger charge is -2.29. The van der Waals surface area contributed by atoms with E-state index >= 15 is 0 Å². The SMILES string of the molecule is [N-]=[N+]=C1CC2CCCC(C1)C2=O. The number of Topliss-reactive ketones (excluding diaryl/α,β-unsaturated/α-hetero) is 1. The Morgan fingerprint density at radius 2 is 1.83 bits per heavy atom. The second kappa shape index (κ2) is 2.83. The van der Waals surface area contributed by atoms with Crippen LogP contribution in [0.25, 0.3) is 5.53 Å². The van der Waals surface area contributed by atoms with Crippen molar-refractivity contribution < 1.29 is 9.58 Å². The summed E-state index contributed by atoms with van der Waals surface area (Å²) in [7, 11) is 0. The van der Waals surface area contributed by atoms with Crippen LogP contribution in [-0.2, 0) is 4.79 Å². The zero-order chi connectivity index (χ0) is 8.55. The van der Waals surface area contributed by atoms with E-state index < -0.39 is 0 Å². The topological polar surface area (TPSA) is 53.5 Å². The van der Waals surface area contributed by atoms with Crippen LogP contribution in [0.15, 0.2) is 0 Å². The summed E-state index contributed by atoms with van der Waals surface area (Å²) in [5, 5.41) is 0. The first-order valence-electron chi connectivity index (χ1n) is 4.55. The van der Waals surface area contributed by atoms with Gasteiger partial charge in [-0.3, -0.25) is 4.79 Å². The van der Waals surface area contributed by atoms with Crippen LogP contribution < -0.4 is 0 Å². The minimum Gasteiger partial charge on any atom is -0.362 e. The van der Waals surface area contributed by atoms with E-state index in [0.717, 1.165) is 18.6 Å². The average Bonchev–Trinajstić information content (AvgIpc) is 2.04. The van der Waals surface area contributed by atoms with Crippen molar-refractivity contribution in [2.45, 2.75) is 32.1 Å². The van der Waals surface area contributed by atoms with Crippen LogP contribution in [0.2, 0.25) is 0 Å². The standard InChI is InChI=1S/C9H12N2O/c10-11-8-4-6-2-1-3-7(5-8)9(6)12/h6-7H,1-5H2. The third-order valence-electron chi connectivity index (χ3n) is 3.02. The molecule has 0 radical (unpaired) electrons. The summed E-state index contributed by atoms with van der Waals surface area (Å²) in [5.41, 5.74) is 9.43. The summed E-state index contributed by atoms with van der Waals surface area (Å²) < 4.78 is 0. The first kappa shape index (κ1) is 7.69. The van der Waals surface area contributed by atoms with Crippen molar-refractivity contribution in [3.63, 3.8) is 0 Å². The van der Waals surface area contributed by atoms with Crippen molar-refractivity contribution in [2.75, 3.05) is 0 Å². The first-order chi connectivity index (χ1) is 5.81. The maximum absolute atomic E-state index is 11.5. The van der Waals surface area contributed by atoms with Crippen LogP contribution >= 0.6 is 0 Å². The molecule has 2 atom stereocenters. The molecule has 0 aliphatic heterocycles. The molecule has 0 aromatic rings. The van der Waals surface area contributed by atoms with Crippen molar-refractivity contribution in [3.8, 4) is 0 Å². The van der Waals surface area contributed by atoms with Gasteiger partial charge in [-0.2, -0.15) is 4.79 Å². The molecule has 2 saturated carbocycles. The van der Waals surface area contributed by atoms with E-state index in [4.69, 9.17) is 5.53 Å². The largest absolute Gasteiger partial charge is 0.362 e. The number of hydrogen-bond donors (Lipinski definition) is 0. The molecular weight excluding hydrogens is 152 g/mol. The number of fused-ring (bicyclic) bond motifs is 2. The lowest BCUT2D eigenvalue weighted by atomic mass is 9.70. The molecule has 64 valence electrons. The van der Waals surface area contributed by atoms with Gasteiger partial charge in [0.1, 0.15) is 5.78 Å². The highest BCUT2D eigenvalue weighted by Gasteiger charge is 2.40. The van der Waals surface area contributed by atoms with E-state index in [1.165, 1.54) is 6.42 Å². The minimum atomic E-state index is 0.170.